The fraction of sp³-hybridized carbons (Fsp3) is 0.857. The Morgan fingerprint density at radius 1 is 1.73 bits per heavy atom. The maximum atomic E-state index is 5.43. The van der Waals surface area contributed by atoms with Crippen molar-refractivity contribution in [1.82, 2.24) is 5.43 Å². The minimum atomic E-state index is 0.351. The molecule has 1 aliphatic carbocycles. The van der Waals surface area contributed by atoms with Crippen molar-refractivity contribution in [2.75, 3.05) is 0 Å². The molecule has 4 heteroatoms. The first-order chi connectivity index (χ1) is 5.27. The minimum Gasteiger partial charge on any atom is -0.369 e. The Labute approximate surface area is 67.0 Å². The van der Waals surface area contributed by atoms with Crippen LogP contribution in [0.5, 0.6) is 0 Å². The average Bonchev–Trinajstić information content (AvgIpc) is 2.82. The van der Waals surface area contributed by atoms with Crippen LogP contribution in [0, 0.1) is 5.92 Å². The zero-order valence-corrected chi connectivity index (χ0v) is 6.88. The van der Waals surface area contributed by atoms with Crippen molar-refractivity contribution in [1.29, 1.82) is 0 Å². The van der Waals surface area contributed by atoms with E-state index in [1.807, 2.05) is 0 Å². The molecule has 1 rings (SSSR count). The summed E-state index contributed by atoms with van der Waals surface area (Å²) >= 11 is 0. The maximum absolute atomic E-state index is 5.43. The third-order valence-corrected chi connectivity index (χ3v) is 2.04. The van der Waals surface area contributed by atoms with Crippen LogP contribution < -0.4 is 17.0 Å². The molecule has 0 saturated heterocycles. The van der Waals surface area contributed by atoms with Crippen molar-refractivity contribution in [3.8, 4) is 0 Å². The zero-order chi connectivity index (χ0) is 8.27. The first kappa shape index (κ1) is 8.33. The Balaban J connectivity index is 2.41. The Morgan fingerprint density at radius 2 is 2.36 bits per heavy atom. The van der Waals surface area contributed by atoms with Crippen LogP contribution in [0.15, 0.2) is 4.99 Å². The molecule has 4 nitrogen and oxygen atoms in total. The molecule has 1 atom stereocenters. The van der Waals surface area contributed by atoms with Gasteiger partial charge in [0.25, 0.3) is 0 Å². The van der Waals surface area contributed by atoms with E-state index in [0.29, 0.717) is 12.0 Å². The van der Waals surface area contributed by atoms with E-state index in [-0.39, 0.29) is 0 Å². The van der Waals surface area contributed by atoms with Gasteiger partial charge in [0.2, 0.25) is 5.96 Å². The number of nitrogens with two attached hydrogens (primary N) is 2. The van der Waals surface area contributed by atoms with Gasteiger partial charge in [0.05, 0.1) is 6.04 Å². The minimum absolute atomic E-state index is 0.351. The highest BCUT2D eigenvalue weighted by Crippen LogP contribution is 2.35. The summed E-state index contributed by atoms with van der Waals surface area (Å²) in [5.41, 5.74) is 7.77. The van der Waals surface area contributed by atoms with E-state index < -0.39 is 0 Å². The van der Waals surface area contributed by atoms with Gasteiger partial charge < -0.3 is 5.73 Å². The lowest BCUT2D eigenvalue weighted by Crippen LogP contribution is -2.38. The van der Waals surface area contributed by atoms with Gasteiger partial charge in [-0.1, -0.05) is 6.92 Å². The molecule has 0 bridgehead atoms. The average molecular weight is 156 g/mol. The third kappa shape index (κ3) is 2.38. The molecule has 64 valence electrons. The number of hydrogen-bond acceptors (Lipinski definition) is 2. The van der Waals surface area contributed by atoms with Crippen LogP contribution in [-0.2, 0) is 0 Å². The molecular weight excluding hydrogens is 140 g/mol. The van der Waals surface area contributed by atoms with Crippen molar-refractivity contribution in [2.45, 2.75) is 32.2 Å². The van der Waals surface area contributed by atoms with E-state index in [4.69, 9.17) is 11.6 Å². The second-order valence-electron chi connectivity index (χ2n) is 2.97. The van der Waals surface area contributed by atoms with Crippen LogP contribution in [0.1, 0.15) is 26.2 Å². The molecule has 0 aliphatic heterocycles. The summed E-state index contributed by atoms with van der Waals surface area (Å²) in [6, 6.07) is 0.381. The number of nitrogens with one attached hydrogen (secondary N) is 1. The summed E-state index contributed by atoms with van der Waals surface area (Å²) in [5, 5.41) is 0. The smallest absolute Gasteiger partial charge is 0.203 e. The molecule has 0 aromatic heterocycles. The molecule has 0 heterocycles. The van der Waals surface area contributed by atoms with Crippen molar-refractivity contribution < 1.29 is 0 Å². The molecule has 5 N–H and O–H groups in total. The lowest BCUT2D eigenvalue weighted by molar-refractivity contribution is 0.576. The van der Waals surface area contributed by atoms with Gasteiger partial charge in [-0.15, -0.1) is 0 Å². The third-order valence-electron chi connectivity index (χ3n) is 2.04. The molecule has 0 aromatic carbocycles. The van der Waals surface area contributed by atoms with Crippen LogP contribution in [-0.4, -0.2) is 12.0 Å². The van der Waals surface area contributed by atoms with E-state index in [1.165, 1.54) is 12.8 Å². The van der Waals surface area contributed by atoms with Gasteiger partial charge in [-0.05, 0) is 25.2 Å². The number of hydrogen-bond donors (Lipinski definition) is 3. The SMILES string of the molecule is CCC(N=C(N)NN)C1CC1. The monoisotopic (exact) mass is 156 g/mol. The van der Waals surface area contributed by atoms with E-state index >= 15 is 0 Å². The van der Waals surface area contributed by atoms with Crippen molar-refractivity contribution in [3.63, 3.8) is 0 Å². The number of aliphatic imine (C=N–C) groups is 1. The molecule has 1 aliphatic rings. The Hall–Kier alpha value is -0.770. The summed E-state index contributed by atoms with van der Waals surface area (Å²) < 4.78 is 0. The lowest BCUT2D eigenvalue weighted by atomic mass is 10.1. The van der Waals surface area contributed by atoms with Crippen LogP contribution in [0.4, 0.5) is 0 Å². The fourth-order valence-electron chi connectivity index (χ4n) is 1.23. The quantitative estimate of drug-likeness (QED) is 0.232. The largest absolute Gasteiger partial charge is 0.369 e. The standard InChI is InChI=1S/C7H16N4/c1-2-6(5-3-4-5)10-7(8)11-9/h5-6H,2-4,9H2,1H3,(H3,8,10,11). The predicted molar refractivity (Wildman–Crippen MR) is 45.7 cm³/mol. The normalized spacial score (nSPS) is 21.5. The zero-order valence-electron chi connectivity index (χ0n) is 6.88. The van der Waals surface area contributed by atoms with Crippen LogP contribution in [0.3, 0.4) is 0 Å². The molecule has 1 fully saturated rings. The Bertz CT molecular complexity index is 151. The lowest BCUT2D eigenvalue weighted by Gasteiger charge is -2.08. The van der Waals surface area contributed by atoms with Crippen LogP contribution in [0.25, 0.3) is 0 Å². The number of guanidine groups is 1. The molecule has 1 unspecified atom stereocenters. The Morgan fingerprint density at radius 3 is 2.73 bits per heavy atom. The van der Waals surface area contributed by atoms with E-state index in [2.05, 4.69) is 17.3 Å². The fourth-order valence-corrected chi connectivity index (χ4v) is 1.23. The van der Waals surface area contributed by atoms with Gasteiger partial charge >= 0.3 is 0 Å². The molecular formula is C7H16N4. The summed E-state index contributed by atoms with van der Waals surface area (Å²) in [5.74, 6) is 6.20. The highest BCUT2D eigenvalue weighted by molar-refractivity contribution is 5.77. The molecule has 0 amide bonds. The molecule has 0 radical (unpaired) electrons. The van der Waals surface area contributed by atoms with Crippen LogP contribution >= 0.6 is 0 Å². The molecule has 0 spiro atoms. The van der Waals surface area contributed by atoms with Gasteiger partial charge in [-0.3, -0.25) is 5.43 Å². The molecule has 11 heavy (non-hydrogen) atoms. The number of hydrazine groups is 1. The first-order valence-electron chi connectivity index (χ1n) is 4.07. The second-order valence-corrected chi connectivity index (χ2v) is 2.97. The highest BCUT2D eigenvalue weighted by atomic mass is 15.3. The predicted octanol–water partition coefficient (Wildman–Crippen LogP) is -0.0470. The van der Waals surface area contributed by atoms with Crippen molar-refractivity contribution >= 4 is 5.96 Å². The van der Waals surface area contributed by atoms with Gasteiger partial charge in [0, 0.05) is 0 Å². The van der Waals surface area contributed by atoms with Gasteiger partial charge in [0.1, 0.15) is 0 Å². The van der Waals surface area contributed by atoms with Crippen molar-refractivity contribution in [2.24, 2.45) is 22.5 Å². The highest BCUT2D eigenvalue weighted by Gasteiger charge is 2.29. The maximum Gasteiger partial charge on any atom is 0.203 e. The second kappa shape index (κ2) is 3.57. The number of nitrogens with zero attached hydrogens (tertiary/aromatic N) is 1. The summed E-state index contributed by atoms with van der Waals surface area (Å²) in [6.07, 6.45) is 3.63. The molecule has 0 aromatic rings. The first-order valence-corrected chi connectivity index (χ1v) is 4.07. The van der Waals surface area contributed by atoms with Gasteiger partial charge in [-0.2, -0.15) is 0 Å². The van der Waals surface area contributed by atoms with E-state index in [9.17, 15) is 0 Å². The van der Waals surface area contributed by atoms with E-state index in [0.717, 1.165) is 12.3 Å². The Kier molecular flexibility index (Phi) is 2.70. The summed E-state index contributed by atoms with van der Waals surface area (Å²) in [6.45, 7) is 2.12. The van der Waals surface area contributed by atoms with Crippen LogP contribution in [0.2, 0.25) is 0 Å². The number of rotatable bonds is 3. The molecule has 1 saturated carbocycles. The summed E-state index contributed by atoms with van der Waals surface area (Å²) in [4.78, 5) is 4.23. The van der Waals surface area contributed by atoms with Gasteiger partial charge in [0.15, 0.2) is 0 Å². The van der Waals surface area contributed by atoms with Crippen molar-refractivity contribution in [3.05, 3.63) is 0 Å². The van der Waals surface area contributed by atoms with E-state index in [1.54, 1.807) is 0 Å². The topological polar surface area (TPSA) is 76.4 Å². The summed E-state index contributed by atoms with van der Waals surface area (Å²) in [7, 11) is 0. The van der Waals surface area contributed by atoms with Gasteiger partial charge in [-0.25, -0.2) is 10.8 Å².